The number of ether oxygens (including phenoxy) is 4. The summed E-state index contributed by atoms with van der Waals surface area (Å²) < 4.78 is 27.3. The zero-order valence-electron chi connectivity index (χ0n) is 18.4. The average Bonchev–Trinajstić information content (AvgIpc) is 2.84. The number of benzene rings is 2. The van der Waals surface area contributed by atoms with Crippen LogP contribution in [0.15, 0.2) is 45.6 Å². The van der Waals surface area contributed by atoms with Crippen molar-refractivity contribution in [2.45, 2.75) is 12.8 Å². The van der Waals surface area contributed by atoms with Gasteiger partial charge in [0.25, 0.3) is 5.09 Å². The van der Waals surface area contributed by atoms with Gasteiger partial charge in [0.15, 0.2) is 23.5 Å². The van der Waals surface area contributed by atoms with E-state index in [0.717, 1.165) is 0 Å². The van der Waals surface area contributed by atoms with Gasteiger partial charge in [0.1, 0.15) is 41.4 Å². The van der Waals surface area contributed by atoms with Crippen molar-refractivity contribution in [2.24, 2.45) is 0 Å². The van der Waals surface area contributed by atoms with Gasteiger partial charge in [-0.05, 0) is 31.0 Å². The second kappa shape index (κ2) is 10.6. The molecule has 0 aliphatic carbocycles. The molecule has 12 nitrogen and oxygen atoms in total. The molecule has 0 fully saturated rings. The zero-order valence-corrected chi connectivity index (χ0v) is 18.4. The maximum Gasteiger partial charge on any atom is 0.344 e. The van der Waals surface area contributed by atoms with Gasteiger partial charge in [-0.1, -0.05) is 0 Å². The summed E-state index contributed by atoms with van der Waals surface area (Å²) in [6.07, 6.45) is 0.725. The Bertz CT molecular complexity index is 1300. The van der Waals surface area contributed by atoms with E-state index in [0.29, 0.717) is 43.1 Å². The van der Waals surface area contributed by atoms with E-state index < -0.39 is 23.1 Å². The Kier molecular flexibility index (Phi) is 7.19. The van der Waals surface area contributed by atoms with Crippen molar-refractivity contribution in [3.8, 4) is 34.3 Å². The Balaban J connectivity index is 1.43. The molecule has 184 valence electrons. The summed E-state index contributed by atoms with van der Waals surface area (Å²) in [5, 5.41) is 19.5. The van der Waals surface area contributed by atoms with Crippen molar-refractivity contribution in [2.75, 3.05) is 33.0 Å². The Hall–Kier alpha value is -4.48. The fourth-order valence-electron chi connectivity index (χ4n) is 3.38. The van der Waals surface area contributed by atoms with Crippen molar-refractivity contribution >= 4 is 16.9 Å². The predicted molar refractivity (Wildman–Crippen MR) is 119 cm³/mol. The quantitative estimate of drug-likeness (QED) is 0.194. The summed E-state index contributed by atoms with van der Waals surface area (Å²) in [4.78, 5) is 38.7. The summed E-state index contributed by atoms with van der Waals surface area (Å²) >= 11 is 0. The summed E-state index contributed by atoms with van der Waals surface area (Å²) in [7, 11) is 0. The summed E-state index contributed by atoms with van der Waals surface area (Å²) in [6.45, 7) is 0.357. The molecule has 0 saturated carbocycles. The third-order valence-corrected chi connectivity index (χ3v) is 4.97. The Morgan fingerprint density at radius 1 is 1.06 bits per heavy atom. The number of carbonyl (C=O) groups excluding carboxylic acids is 1. The monoisotopic (exact) mass is 487 g/mol. The second-order valence-electron chi connectivity index (χ2n) is 7.42. The standard InChI is InChI=1S/C23H21NO11/c25-16-10-15(33-13-22(27)32-5-1-2-6-34-24(28)29)11-21-23(16)17(26)12-19(35-21)14-3-4-18-20(9-14)31-8-7-30-18/h3-4,9-12,25H,1-2,5-8,13H2. The molecule has 2 aromatic carbocycles. The zero-order chi connectivity index (χ0) is 24.8. The highest BCUT2D eigenvalue weighted by molar-refractivity contribution is 5.86. The molecule has 35 heavy (non-hydrogen) atoms. The van der Waals surface area contributed by atoms with Crippen LogP contribution in [0.25, 0.3) is 22.3 Å². The smallest absolute Gasteiger partial charge is 0.344 e. The molecule has 12 heteroatoms. The molecule has 1 aliphatic rings. The topological polar surface area (TPSA) is 157 Å². The van der Waals surface area contributed by atoms with Crippen molar-refractivity contribution in [1.82, 2.24) is 0 Å². The molecule has 0 amide bonds. The first kappa shape index (κ1) is 23.7. The van der Waals surface area contributed by atoms with Crippen LogP contribution >= 0.6 is 0 Å². The first-order valence-electron chi connectivity index (χ1n) is 10.7. The van der Waals surface area contributed by atoms with Crippen LogP contribution in [0.2, 0.25) is 0 Å². The van der Waals surface area contributed by atoms with Gasteiger partial charge in [0.05, 0.1) is 13.2 Å². The van der Waals surface area contributed by atoms with Gasteiger partial charge in [-0.3, -0.25) is 4.79 Å². The number of phenols is 1. The molecule has 0 spiro atoms. The van der Waals surface area contributed by atoms with E-state index in [9.17, 15) is 24.8 Å². The van der Waals surface area contributed by atoms with E-state index in [4.69, 9.17) is 23.4 Å². The van der Waals surface area contributed by atoms with Crippen molar-refractivity contribution in [1.29, 1.82) is 0 Å². The van der Waals surface area contributed by atoms with Gasteiger partial charge >= 0.3 is 5.97 Å². The van der Waals surface area contributed by atoms with Crippen molar-refractivity contribution < 1.29 is 43.2 Å². The van der Waals surface area contributed by atoms with Crippen LogP contribution in [-0.2, 0) is 14.4 Å². The Labute approximate surface area is 197 Å². The lowest BCUT2D eigenvalue weighted by Crippen LogP contribution is -2.16. The Morgan fingerprint density at radius 2 is 1.83 bits per heavy atom. The van der Waals surface area contributed by atoms with E-state index >= 15 is 0 Å². The van der Waals surface area contributed by atoms with E-state index in [1.54, 1.807) is 18.2 Å². The summed E-state index contributed by atoms with van der Waals surface area (Å²) in [5.74, 6) is 0.421. The second-order valence-corrected chi connectivity index (χ2v) is 7.42. The number of hydrogen-bond acceptors (Lipinski definition) is 11. The molecular formula is C23H21NO11. The molecule has 1 N–H and O–H groups in total. The van der Waals surface area contributed by atoms with Crippen molar-refractivity contribution in [3.05, 3.63) is 56.7 Å². The minimum absolute atomic E-state index is 0.0295. The highest BCUT2D eigenvalue weighted by Crippen LogP contribution is 2.36. The summed E-state index contributed by atoms with van der Waals surface area (Å²) in [6, 6.07) is 8.98. The van der Waals surface area contributed by atoms with Crippen LogP contribution in [0.5, 0.6) is 23.0 Å². The highest BCUT2D eigenvalue weighted by Gasteiger charge is 2.17. The van der Waals surface area contributed by atoms with E-state index in [1.807, 2.05) is 0 Å². The van der Waals surface area contributed by atoms with Gasteiger partial charge in [-0.2, -0.15) is 0 Å². The molecule has 0 atom stereocenters. The van der Waals surface area contributed by atoms with Gasteiger partial charge in [0, 0.05) is 23.8 Å². The van der Waals surface area contributed by atoms with Gasteiger partial charge in [0.2, 0.25) is 0 Å². The van der Waals surface area contributed by atoms with E-state index in [1.165, 1.54) is 18.2 Å². The van der Waals surface area contributed by atoms with Crippen LogP contribution in [-0.4, -0.2) is 49.2 Å². The molecule has 0 unspecified atom stereocenters. The van der Waals surface area contributed by atoms with Crippen LogP contribution in [0.4, 0.5) is 0 Å². The molecule has 0 saturated heterocycles. The first-order valence-corrected chi connectivity index (χ1v) is 10.7. The van der Waals surface area contributed by atoms with Crippen molar-refractivity contribution in [3.63, 3.8) is 0 Å². The SMILES string of the molecule is O=C(COc1cc(O)c2c(=O)cc(-c3ccc4c(c3)OCCO4)oc2c1)OCCCCO[N+](=O)[O-]. The normalized spacial score (nSPS) is 12.2. The van der Waals surface area contributed by atoms with Crippen LogP contribution < -0.4 is 19.6 Å². The number of aromatic hydroxyl groups is 1. The third kappa shape index (κ3) is 5.91. The minimum atomic E-state index is -0.889. The molecular weight excluding hydrogens is 466 g/mol. The molecule has 3 aromatic rings. The van der Waals surface area contributed by atoms with Crippen LogP contribution in [0.3, 0.4) is 0 Å². The number of esters is 1. The first-order chi connectivity index (χ1) is 16.9. The largest absolute Gasteiger partial charge is 0.507 e. The van der Waals surface area contributed by atoms with Gasteiger partial charge in [-0.25, -0.2) is 4.79 Å². The van der Waals surface area contributed by atoms with Gasteiger partial charge < -0.3 is 33.3 Å². The molecule has 2 heterocycles. The molecule has 4 rings (SSSR count). The third-order valence-electron chi connectivity index (χ3n) is 4.97. The van der Waals surface area contributed by atoms with Crippen LogP contribution in [0.1, 0.15) is 12.8 Å². The lowest BCUT2D eigenvalue weighted by Gasteiger charge is -2.18. The maximum atomic E-state index is 12.7. The number of carbonyl (C=O) groups is 1. The number of unbranched alkanes of at least 4 members (excludes halogenated alkanes) is 1. The number of fused-ring (bicyclic) bond motifs is 2. The number of nitrogens with zero attached hydrogens (tertiary/aromatic N) is 1. The predicted octanol–water partition coefficient (Wildman–Crippen LogP) is 2.85. The fourth-order valence-corrected chi connectivity index (χ4v) is 3.38. The molecule has 1 aliphatic heterocycles. The Morgan fingerprint density at radius 3 is 2.63 bits per heavy atom. The average molecular weight is 487 g/mol. The fraction of sp³-hybridized carbons (Fsp3) is 0.304. The molecule has 0 bridgehead atoms. The molecule has 1 aromatic heterocycles. The highest BCUT2D eigenvalue weighted by atomic mass is 16.9. The maximum absolute atomic E-state index is 12.7. The molecule has 0 radical (unpaired) electrons. The van der Waals surface area contributed by atoms with E-state index in [2.05, 4.69) is 4.84 Å². The lowest BCUT2D eigenvalue weighted by atomic mass is 10.1. The van der Waals surface area contributed by atoms with Crippen LogP contribution in [0, 0.1) is 10.1 Å². The van der Waals surface area contributed by atoms with Gasteiger partial charge in [-0.15, -0.1) is 10.1 Å². The van der Waals surface area contributed by atoms with E-state index in [-0.39, 0.29) is 41.4 Å². The number of hydrogen-bond donors (Lipinski definition) is 1. The number of phenolic OH excluding ortho intramolecular Hbond substituents is 1. The minimum Gasteiger partial charge on any atom is -0.507 e. The lowest BCUT2D eigenvalue weighted by molar-refractivity contribution is -0.757. The summed E-state index contributed by atoms with van der Waals surface area (Å²) in [5.41, 5.74) is 0.184. The number of rotatable bonds is 10.